The maximum atomic E-state index is 12.5. The third kappa shape index (κ3) is 5.35. The third-order valence-corrected chi connectivity index (χ3v) is 6.10. The van der Waals surface area contributed by atoms with Crippen LogP contribution in [0.2, 0.25) is 0 Å². The van der Waals surface area contributed by atoms with E-state index in [2.05, 4.69) is 16.0 Å². The van der Waals surface area contributed by atoms with Crippen molar-refractivity contribution in [3.63, 3.8) is 0 Å². The number of ether oxygens (including phenoxy) is 3. The Bertz CT molecular complexity index is 1270. The molecular weight excluding hydrogens is 460 g/mol. The van der Waals surface area contributed by atoms with Crippen LogP contribution in [0.3, 0.4) is 0 Å². The van der Waals surface area contributed by atoms with E-state index in [-0.39, 0.29) is 24.3 Å². The van der Waals surface area contributed by atoms with Crippen molar-refractivity contribution in [3.8, 4) is 28.6 Å². The van der Waals surface area contributed by atoms with Crippen LogP contribution in [-0.4, -0.2) is 49.7 Å². The summed E-state index contributed by atoms with van der Waals surface area (Å²) in [5.41, 5.74) is 3.93. The molecule has 9 heteroatoms. The average molecular weight is 489 g/mol. The van der Waals surface area contributed by atoms with Gasteiger partial charge >= 0.3 is 0 Å². The molecule has 2 aromatic carbocycles. The summed E-state index contributed by atoms with van der Waals surface area (Å²) in [5.74, 6) is 1.78. The van der Waals surface area contributed by atoms with E-state index in [4.69, 9.17) is 19.2 Å². The zero-order valence-corrected chi connectivity index (χ0v) is 20.0. The van der Waals surface area contributed by atoms with Crippen molar-refractivity contribution in [2.75, 3.05) is 32.2 Å². The Morgan fingerprint density at radius 2 is 2.00 bits per heavy atom. The van der Waals surface area contributed by atoms with Gasteiger partial charge in [-0.2, -0.15) is 0 Å². The Morgan fingerprint density at radius 1 is 1.14 bits per heavy atom. The second-order valence-electron chi connectivity index (χ2n) is 8.69. The summed E-state index contributed by atoms with van der Waals surface area (Å²) in [7, 11) is 1.58. The molecule has 0 spiro atoms. The number of hydrogen-bond donors (Lipinski definition) is 3. The van der Waals surface area contributed by atoms with E-state index in [0.29, 0.717) is 61.4 Å². The molecule has 0 bridgehead atoms. The van der Waals surface area contributed by atoms with E-state index in [0.717, 1.165) is 16.8 Å². The molecule has 9 nitrogen and oxygen atoms in total. The predicted molar refractivity (Wildman–Crippen MR) is 135 cm³/mol. The predicted octanol–water partition coefficient (Wildman–Crippen LogP) is 3.21. The van der Waals surface area contributed by atoms with Crippen LogP contribution in [0.25, 0.3) is 11.3 Å². The number of fused-ring (bicyclic) bond motifs is 1. The number of para-hydroxylation sites is 1. The number of aromatic nitrogens is 1. The van der Waals surface area contributed by atoms with Crippen LogP contribution in [-0.2, 0) is 16.0 Å². The van der Waals surface area contributed by atoms with Gasteiger partial charge in [0.1, 0.15) is 18.9 Å². The number of amides is 2. The van der Waals surface area contributed by atoms with Gasteiger partial charge in [0, 0.05) is 30.3 Å². The molecule has 3 aromatic rings. The van der Waals surface area contributed by atoms with Gasteiger partial charge in [-0.3, -0.25) is 9.59 Å². The van der Waals surface area contributed by atoms with Crippen LogP contribution >= 0.6 is 0 Å². The number of carbonyl (C=O) groups is 2. The van der Waals surface area contributed by atoms with Crippen molar-refractivity contribution >= 4 is 23.2 Å². The molecule has 2 aliphatic heterocycles. The van der Waals surface area contributed by atoms with Crippen LogP contribution in [0.15, 0.2) is 54.6 Å². The normalized spacial score (nSPS) is 16.6. The Hall–Kier alpha value is -4.27. The molecule has 2 amide bonds. The molecule has 3 heterocycles. The Kier molecular flexibility index (Phi) is 6.88. The number of anilines is 2. The van der Waals surface area contributed by atoms with Crippen molar-refractivity contribution in [2.45, 2.75) is 25.3 Å². The SMILES string of the molecule is COc1nc(-c2cccc3c2OCCO3)ccc1Nc1cccc(CC(=O)NC2CCC(=O)NC2)c1. The second-order valence-corrected chi connectivity index (χ2v) is 8.69. The van der Waals surface area contributed by atoms with E-state index < -0.39 is 0 Å². The number of methoxy groups -OCH3 is 1. The summed E-state index contributed by atoms with van der Waals surface area (Å²) < 4.78 is 17.1. The van der Waals surface area contributed by atoms with Gasteiger partial charge in [-0.1, -0.05) is 18.2 Å². The van der Waals surface area contributed by atoms with E-state index in [1.807, 2.05) is 54.6 Å². The Balaban J connectivity index is 1.28. The molecule has 5 rings (SSSR count). The van der Waals surface area contributed by atoms with Crippen LogP contribution in [0.5, 0.6) is 17.4 Å². The lowest BCUT2D eigenvalue weighted by Gasteiger charge is -2.23. The number of carbonyl (C=O) groups excluding carboxylic acids is 2. The Labute approximate surface area is 209 Å². The first kappa shape index (κ1) is 23.5. The number of hydrogen-bond acceptors (Lipinski definition) is 7. The van der Waals surface area contributed by atoms with Crippen molar-refractivity contribution in [3.05, 3.63) is 60.2 Å². The fourth-order valence-corrected chi connectivity index (χ4v) is 4.35. The maximum absolute atomic E-state index is 12.5. The zero-order valence-electron chi connectivity index (χ0n) is 20.0. The molecule has 1 atom stereocenters. The monoisotopic (exact) mass is 488 g/mol. The molecule has 2 aliphatic rings. The number of rotatable bonds is 7. The number of nitrogens with zero attached hydrogens (tertiary/aromatic N) is 1. The first-order chi connectivity index (χ1) is 17.6. The van der Waals surface area contributed by atoms with Gasteiger partial charge in [-0.15, -0.1) is 0 Å². The highest BCUT2D eigenvalue weighted by molar-refractivity contribution is 5.81. The van der Waals surface area contributed by atoms with E-state index >= 15 is 0 Å². The van der Waals surface area contributed by atoms with Gasteiger partial charge in [0.25, 0.3) is 0 Å². The van der Waals surface area contributed by atoms with Gasteiger partial charge < -0.3 is 30.2 Å². The lowest BCUT2D eigenvalue weighted by Crippen LogP contribution is -2.48. The van der Waals surface area contributed by atoms with Crippen molar-refractivity contribution in [1.29, 1.82) is 0 Å². The van der Waals surface area contributed by atoms with Crippen LogP contribution in [0.1, 0.15) is 18.4 Å². The van der Waals surface area contributed by atoms with Crippen LogP contribution in [0.4, 0.5) is 11.4 Å². The summed E-state index contributed by atoms with van der Waals surface area (Å²) in [6, 6.07) is 17.2. The molecule has 0 radical (unpaired) electrons. The van der Waals surface area contributed by atoms with Gasteiger partial charge in [-0.05, 0) is 48.4 Å². The minimum atomic E-state index is -0.0747. The minimum Gasteiger partial charge on any atom is -0.486 e. The molecule has 1 fully saturated rings. The smallest absolute Gasteiger partial charge is 0.238 e. The Morgan fingerprint density at radius 3 is 2.83 bits per heavy atom. The molecule has 3 N–H and O–H groups in total. The zero-order chi connectivity index (χ0) is 24.9. The van der Waals surface area contributed by atoms with E-state index in [1.54, 1.807) is 7.11 Å². The number of pyridine rings is 1. The fourth-order valence-electron chi connectivity index (χ4n) is 4.35. The molecule has 1 saturated heterocycles. The largest absolute Gasteiger partial charge is 0.486 e. The summed E-state index contributed by atoms with van der Waals surface area (Å²) in [4.78, 5) is 28.5. The number of benzene rings is 2. The first-order valence-electron chi connectivity index (χ1n) is 11.9. The molecule has 1 unspecified atom stereocenters. The molecule has 36 heavy (non-hydrogen) atoms. The third-order valence-electron chi connectivity index (χ3n) is 6.10. The lowest BCUT2D eigenvalue weighted by atomic mass is 10.1. The van der Waals surface area contributed by atoms with Gasteiger partial charge in [0.15, 0.2) is 11.5 Å². The second kappa shape index (κ2) is 10.6. The van der Waals surface area contributed by atoms with Crippen molar-refractivity contribution < 1.29 is 23.8 Å². The molecule has 0 saturated carbocycles. The van der Waals surface area contributed by atoms with Crippen LogP contribution in [0, 0.1) is 0 Å². The van der Waals surface area contributed by atoms with E-state index in [1.165, 1.54) is 0 Å². The summed E-state index contributed by atoms with van der Waals surface area (Å²) in [5, 5.41) is 9.12. The average Bonchev–Trinajstić information content (AvgIpc) is 2.90. The standard InChI is InChI=1S/C27H28N4O5/c1-34-27-22(10-9-21(31-27)20-6-3-7-23-26(20)36-13-12-35-23)29-18-5-2-4-17(14-18)15-25(33)30-19-8-11-24(32)28-16-19/h2-7,9-10,14,19,29H,8,11-13,15-16H2,1H3,(H,28,32)(H,30,33). The fraction of sp³-hybridized carbons (Fsp3) is 0.296. The molecule has 1 aromatic heterocycles. The van der Waals surface area contributed by atoms with E-state index in [9.17, 15) is 9.59 Å². The quantitative estimate of drug-likeness (QED) is 0.468. The highest BCUT2D eigenvalue weighted by Gasteiger charge is 2.20. The summed E-state index contributed by atoms with van der Waals surface area (Å²) in [6.45, 7) is 1.49. The highest BCUT2D eigenvalue weighted by Crippen LogP contribution is 2.40. The number of piperidine rings is 1. The summed E-state index contributed by atoms with van der Waals surface area (Å²) >= 11 is 0. The molecule has 186 valence electrons. The van der Waals surface area contributed by atoms with Crippen molar-refractivity contribution in [1.82, 2.24) is 15.6 Å². The molecular formula is C27H28N4O5. The van der Waals surface area contributed by atoms with Crippen LogP contribution < -0.4 is 30.2 Å². The van der Waals surface area contributed by atoms with Gasteiger partial charge in [0.2, 0.25) is 17.7 Å². The van der Waals surface area contributed by atoms with Crippen molar-refractivity contribution in [2.24, 2.45) is 0 Å². The topological polar surface area (TPSA) is 111 Å². The summed E-state index contributed by atoms with van der Waals surface area (Å²) in [6.07, 6.45) is 1.34. The minimum absolute atomic E-state index is 0.0301. The van der Waals surface area contributed by atoms with Gasteiger partial charge in [-0.25, -0.2) is 4.98 Å². The lowest BCUT2D eigenvalue weighted by molar-refractivity contribution is -0.125. The highest BCUT2D eigenvalue weighted by atomic mass is 16.6. The first-order valence-corrected chi connectivity index (χ1v) is 11.9. The maximum Gasteiger partial charge on any atom is 0.238 e. The molecule has 0 aliphatic carbocycles. The number of nitrogens with one attached hydrogen (secondary N) is 3. The van der Waals surface area contributed by atoms with Gasteiger partial charge in [0.05, 0.1) is 19.2 Å².